The van der Waals surface area contributed by atoms with Gasteiger partial charge < -0.3 is 20.4 Å². The standard InChI is InChI=1S/C22H20N4O5/c27-19-18-17(7-4-12-26(18)30)22(31-19)10-8-21(29,9-11-22)20(28)24-15-13-23-25(14-15)16-5-2-1-3-6-16/h1-7,12-14,29H,8-11H2,(H,24,28)/t21-,22-. The fraction of sp³-hybridized carbons (Fsp3) is 0.273. The van der Waals surface area contributed by atoms with E-state index in [1.807, 2.05) is 30.3 Å². The molecule has 158 valence electrons. The summed E-state index contributed by atoms with van der Waals surface area (Å²) in [5.41, 5.74) is -0.791. The van der Waals surface area contributed by atoms with Gasteiger partial charge >= 0.3 is 11.7 Å². The number of anilines is 1. The van der Waals surface area contributed by atoms with Crippen molar-refractivity contribution in [1.82, 2.24) is 9.78 Å². The van der Waals surface area contributed by atoms with Crippen LogP contribution >= 0.6 is 0 Å². The third-order valence-electron chi connectivity index (χ3n) is 6.10. The van der Waals surface area contributed by atoms with Crippen LogP contribution in [0.15, 0.2) is 61.1 Å². The quantitative estimate of drug-likeness (QED) is 0.379. The van der Waals surface area contributed by atoms with E-state index in [2.05, 4.69) is 10.4 Å². The molecule has 2 aliphatic rings. The number of carbonyl (C=O) groups excluding carboxylic acids is 2. The molecule has 9 heteroatoms. The van der Waals surface area contributed by atoms with Crippen molar-refractivity contribution in [2.24, 2.45) is 0 Å². The van der Waals surface area contributed by atoms with Crippen molar-refractivity contribution < 1.29 is 24.2 Å². The number of aliphatic hydroxyl groups is 1. The summed E-state index contributed by atoms with van der Waals surface area (Å²) in [4.78, 5) is 25.1. The molecule has 0 saturated heterocycles. The van der Waals surface area contributed by atoms with Crippen molar-refractivity contribution in [2.45, 2.75) is 36.9 Å². The summed E-state index contributed by atoms with van der Waals surface area (Å²) in [6, 6.07) is 12.7. The van der Waals surface area contributed by atoms with Gasteiger partial charge in [-0.3, -0.25) is 4.79 Å². The Balaban J connectivity index is 1.30. The average Bonchev–Trinajstić information content (AvgIpc) is 3.35. The molecular weight excluding hydrogens is 400 g/mol. The number of ether oxygens (including phenoxy) is 1. The van der Waals surface area contributed by atoms with E-state index in [0.717, 1.165) is 5.69 Å². The predicted octanol–water partition coefficient (Wildman–Crippen LogP) is 1.82. The monoisotopic (exact) mass is 420 g/mol. The molecule has 0 unspecified atom stereocenters. The van der Waals surface area contributed by atoms with Crippen LogP contribution in [0.2, 0.25) is 0 Å². The lowest BCUT2D eigenvalue weighted by atomic mass is 9.73. The van der Waals surface area contributed by atoms with Crippen LogP contribution in [0, 0.1) is 5.21 Å². The second kappa shape index (κ2) is 6.92. The lowest BCUT2D eigenvalue weighted by molar-refractivity contribution is -0.608. The van der Waals surface area contributed by atoms with Crippen LogP contribution in [-0.2, 0) is 15.1 Å². The van der Waals surface area contributed by atoms with Crippen molar-refractivity contribution in [3.63, 3.8) is 0 Å². The summed E-state index contributed by atoms with van der Waals surface area (Å²) in [5.74, 6) is -1.21. The molecule has 2 N–H and O–H groups in total. The first-order chi connectivity index (χ1) is 14.9. The Labute approximate surface area is 177 Å². The summed E-state index contributed by atoms with van der Waals surface area (Å²) < 4.78 is 7.70. The van der Waals surface area contributed by atoms with E-state index >= 15 is 0 Å². The lowest BCUT2D eigenvalue weighted by Gasteiger charge is -2.39. The largest absolute Gasteiger partial charge is 0.618 e. The Bertz CT molecular complexity index is 1170. The van der Waals surface area contributed by atoms with Crippen LogP contribution in [0.5, 0.6) is 0 Å². The van der Waals surface area contributed by atoms with Crippen molar-refractivity contribution in [1.29, 1.82) is 0 Å². The SMILES string of the molecule is O=C1O[C@]2(CC[C@@](O)(C(=O)Nc3cnn(-c4ccccc4)c3)CC2)c2ccc[n+]([O-])c21. The zero-order valence-corrected chi connectivity index (χ0v) is 16.5. The highest BCUT2D eigenvalue weighted by molar-refractivity contribution is 5.97. The summed E-state index contributed by atoms with van der Waals surface area (Å²) in [5, 5.41) is 29.9. The topological polar surface area (TPSA) is 120 Å². The Morgan fingerprint density at radius 3 is 2.65 bits per heavy atom. The molecule has 1 spiro atoms. The van der Waals surface area contributed by atoms with E-state index in [9.17, 15) is 19.9 Å². The van der Waals surface area contributed by atoms with Crippen LogP contribution in [0.4, 0.5) is 5.69 Å². The highest BCUT2D eigenvalue weighted by Crippen LogP contribution is 2.48. The molecule has 3 aromatic rings. The van der Waals surface area contributed by atoms with Gasteiger partial charge in [0.1, 0.15) is 11.2 Å². The summed E-state index contributed by atoms with van der Waals surface area (Å²) in [6.45, 7) is 0. The average molecular weight is 420 g/mol. The van der Waals surface area contributed by atoms with E-state index in [-0.39, 0.29) is 31.4 Å². The molecule has 0 radical (unpaired) electrons. The van der Waals surface area contributed by atoms with Gasteiger partial charge in [0, 0.05) is 6.07 Å². The van der Waals surface area contributed by atoms with Gasteiger partial charge in [-0.15, -0.1) is 0 Å². The van der Waals surface area contributed by atoms with Crippen LogP contribution in [0.1, 0.15) is 41.7 Å². The first kappa shape index (κ1) is 19.3. The number of hydrogen-bond acceptors (Lipinski definition) is 6. The smallest absolute Gasteiger partial charge is 0.406 e. The van der Waals surface area contributed by atoms with Crippen molar-refractivity contribution in [3.05, 3.63) is 77.5 Å². The highest BCUT2D eigenvalue weighted by atomic mass is 16.6. The highest BCUT2D eigenvalue weighted by Gasteiger charge is 2.55. The van der Waals surface area contributed by atoms with E-state index in [1.54, 1.807) is 23.0 Å². The molecule has 1 amide bonds. The van der Waals surface area contributed by atoms with Gasteiger partial charge in [-0.25, -0.2) is 9.48 Å². The summed E-state index contributed by atoms with van der Waals surface area (Å²) in [6.07, 6.45) is 5.09. The normalized spacial score (nSPS) is 24.6. The molecule has 1 aliphatic carbocycles. The van der Waals surface area contributed by atoms with Gasteiger partial charge in [0.15, 0.2) is 6.20 Å². The van der Waals surface area contributed by atoms with E-state index in [1.165, 1.54) is 12.4 Å². The fourth-order valence-corrected chi connectivity index (χ4v) is 4.36. The molecular formula is C22H20N4O5. The number of rotatable bonds is 3. The van der Waals surface area contributed by atoms with Gasteiger partial charge in [-0.2, -0.15) is 9.83 Å². The number of para-hydroxylation sites is 1. The Kier molecular flexibility index (Phi) is 4.30. The van der Waals surface area contributed by atoms with Crippen molar-refractivity contribution in [3.8, 4) is 5.69 Å². The van der Waals surface area contributed by atoms with Crippen molar-refractivity contribution in [2.75, 3.05) is 5.32 Å². The third kappa shape index (κ3) is 3.14. The first-order valence-electron chi connectivity index (χ1n) is 10.0. The van der Waals surface area contributed by atoms with E-state index in [4.69, 9.17) is 4.74 Å². The number of aromatic nitrogens is 3. The van der Waals surface area contributed by atoms with E-state index in [0.29, 0.717) is 16.0 Å². The molecule has 1 aromatic carbocycles. The Morgan fingerprint density at radius 1 is 1.16 bits per heavy atom. The van der Waals surface area contributed by atoms with Gasteiger partial charge in [0.05, 0.1) is 29.3 Å². The minimum atomic E-state index is -1.61. The molecule has 1 aliphatic heterocycles. The Morgan fingerprint density at radius 2 is 1.90 bits per heavy atom. The number of nitrogens with zero attached hydrogens (tertiary/aromatic N) is 3. The van der Waals surface area contributed by atoms with Gasteiger partial charge in [-0.1, -0.05) is 18.2 Å². The van der Waals surface area contributed by atoms with Crippen LogP contribution < -0.4 is 10.0 Å². The molecule has 1 saturated carbocycles. The maximum Gasteiger partial charge on any atom is 0.406 e. The molecule has 31 heavy (non-hydrogen) atoms. The van der Waals surface area contributed by atoms with Gasteiger partial charge in [0.2, 0.25) is 0 Å². The minimum Gasteiger partial charge on any atom is -0.618 e. The summed E-state index contributed by atoms with van der Waals surface area (Å²) in [7, 11) is 0. The maximum absolute atomic E-state index is 12.8. The lowest BCUT2D eigenvalue weighted by Crippen LogP contribution is -2.49. The number of pyridine rings is 1. The van der Waals surface area contributed by atoms with Crippen molar-refractivity contribution >= 4 is 17.6 Å². The second-order valence-corrected chi connectivity index (χ2v) is 7.97. The molecule has 0 bridgehead atoms. The number of nitrogens with one attached hydrogen (secondary N) is 1. The number of amides is 1. The molecule has 9 nitrogen and oxygen atoms in total. The third-order valence-corrected chi connectivity index (χ3v) is 6.10. The number of benzene rings is 1. The van der Waals surface area contributed by atoms with Crippen LogP contribution in [-0.4, -0.2) is 32.4 Å². The number of fused-ring (bicyclic) bond motifs is 2. The zero-order valence-electron chi connectivity index (χ0n) is 16.5. The molecule has 1 fully saturated rings. The fourth-order valence-electron chi connectivity index (χ4n) is 4.36. The first-order valence-corrected chi connectivity index (χ1v) is 10.0. The van der Waals surface area contributed by atoms with Gasteiger partial charge in [-0.05, 0) is 43.9 Å². The summed E-state index contributed by atoms with van der Waals surface area (Å²) >= 11 is 0. The number of esters is 1. The molecule has 5 rings (SSSR count). The molecule has 2 aromatic heterocycles. The van der Waals surface area contributed by atoms with Gasteiger partial charge in [0.25, 0.3) is 5.91 Å². The van der Waals surface area contributed by atoms with Crippen LogP contribution in [0.3, 0.4) is 0 Å². The second-order valence-electron chi connectivity index (χ2n) is 7.97. The molecule has 0 atom stereocenters. The number of carbonyl (C=O) groups is 2. The predicted molar refractivity (Wildman–Crippen MR) is 108 cm³/mol. The maximum atomic E-state index is 12.8. The molecule has 3 heterocycles. The van der Waals surface area contributed by atoms with Crippen LogP contribution in [0.25, 0.3) is 5.69 Å². The Hall–Kier alpha value is -3.72. The number of hydrogen-bond donors (Lipinski definition) is 2. The van der Waals surface area contributed by atoms with E-state index < -0.39 is 23.1 Å². The minimum absolute atomic E-state index is 0.0225. The zero-order chi connectivity index (χ0) is 21.6.